The Morgan fingerprint density at radius 2 is 2.13 bits per heavy atom. The molecule has 86 valence electrons. The summed E-state index contributed by atoms with van der Waals surface area (Å²) in [5, 5.41) is 0. The third-order valence-corrected chi connectivity index (χ3v) is 3.30. The van der Waals surface area contributed by atoms with E-state index in [4.69, 9.17) is 18.0 Å². The van der Waals surface area contributed by atoms with Crippen LogP contribution in [0.4, 0.5) is 0 Å². The van der Waals surface area contributed by atoms with Crippen molar-refractivity contribution in [2.45, 2.75) is 39.0 Å². The molecule has 0 radical (unpaired) electrons. The molecule has 1 saturated heterocycles. The predicted molar refractivity (Wildman–Crippen MR) is 65.6 cm³/mol. The van der Waals surface area contributed by atoms with Crippen LogP contribution in [0.5, 0.6) is 0 Å². The molecule has 0 aliphatic carbocycles. The molecule has 1 aliphatic heterocycles. The van der Waals surface area contributed by atoms with Gasteiger partial charge in [-0.05, 0) is 12.8 Å². The van der Waals surface area contributed by atoms with Gasteiger partial charge in [0.2, 0.25) is 5.91 Å². The summed E-state index contributed by atoms with van der Waals surface area (Å²) < 4.78 is 0. The van der Waals surface area contributed by atoms with Crippen LogP contribution in [-0.4, -0.2) is 28.9 Å². The lowest BCUT2D eigenvalue weighted by Gasteiger charge is -2.27. The Balaban J connectivity index is 2.48. The number of amides is 1. The van der Waals surface area contributed by atoms with E-state index in [9.17, 15) is 4.79 Å². The third-order valence-electron chi connectivity index (χ3n) is 2.90. The Morgan fingerprint density at radius 3 is 2.80 bits per heavy atom. The zero-order chi connectivity index (χ0) is 11.3. The molecule has 3 nitrogen and oxygen atoms in total. The van der Waals surface area contributed by atoms with E-state index in [0.717, 1.165) is 19.4 Å². The highest BCUT2D eigenvalue weighted by atomic mass is 32.1. The molecule has 0 bridgehead atoms. The molecule has 1 fully saturated rings. The Morgan fingerprint density at radius 1 is 1.47 bits per heavy atom. The first-order chi connectivity index (χ1) is 7.11. The summed E-state index contributed by atoms with van der Waals surface area (Å²) in [6.45, 7) is 3.54. The highest BCUT2D eigenvalue weighted by Gasteiger charge is 2.18. The number of likely N-dealkylation sites (tertiary alicyclic amines) is 1. The van der Waals surface area contributed by atoms with Crippen molar-refractivity contribution >= 4 is 23.1 Å². The van der Waals surface area contributed by atoms with Crippen molar-refractivity contribution in [3.63, 3.8) is 0 Å². The van der Waals surface area contributed by atoms with Gasteiger partial charge in [0.05, 0.1) is 4.99 Å². The second kappa shape index (κ2) is 6.05. The lowest BCUT2D eigenvalue weighted by molar-refractivity contribution is -0.132. The topological polar surface area (TPSA) is 46.3 Å². The van der Waals surface area contributed by atoms with Gasteiger partial charge in [0.25, 0.3) is 0 Å². The first kappa shape index (κ1) is 12.4. The molecule has 1 atom stereocenters. The van der Waals surface area contributed by atoms with Crippen molar-refractivity contribution in [3.8, 4) is 0 Å². The van der Waals surface area contributed by atoms with Crippen molar-refractivity contribution in [2.24, 2.45) is 11.7 Å². The summed E-state index contributed by atoms with van der Waals surface area (Å²) in [4.78, 5) is 14.2. The van der Waals surface area contributed by atoms with Gasteiger partial charge in [-0.3, -0.25) is 4.79 Å². The highest BCUT2D eigenvalue weighted by molar-refractivity contribution is 7.80. The number of carbonyl (C=O) groups excluding carboxylic acids is 1. The highest BCUT2D eigenvalue weighted by Crippen LogP contribution is 2.13. The average molecular weight is 228 g/mol. The SMILES string of the molecule is CC(CN1CCCCCCC1=O)C(N)=S. The van der Waals surface area contributed by atoms with Crippen LogP contribution in [0.3, 0.4) is 0 Å². The van der Waals surface area contributed by atoms with Gasteiger partial charge < -0.3 is 10.6 Å². The largest absolute Gasteiger partial charge is 0.393 e. The van der Waals surface area contributed by atoms with Crippen molar-refractivity contribution in [3.05, 3.63) is 0 Å². The van der Waals surface area contributed by atoms with Crippen LogP contribution in [0.25, 0.3) is 0 Å². The summed E-state index contributed by atoms with van der Waals surface area (Å²) in [6.07, 6.45) is 5.23. The van der Waals surface area contributed by atoms with Crippen molar-refractivity contribution in [1.82, 2.24) is 4.90 Å². The fraction of sp³-hybridized carbons (Fsp3) is 0.818. The zero-order valence-electron chi connectivity index (χ0n) is 9.37. The fourth-order valence-corrected chi connectivity index (χ4v) is 1.90. The Labute approximate surface area is 97.0 Å². The maximum absolute atomic E-state index is 11.8. The van der Waals surface area contributed by atoms with E-state index < -0.39 is 0 Å². The molecule has 0 spiro atoms. The van der Waals surface area contributed by atoms with Crippen LogP contribution in [0, 0.1) is 5.92 Å². The lowest BCUT2D eigenvalue weighted by atomic mass is 10.1. The molecule has 1 heterocycles. The van der Waals surface area contributed by atoms with E-state index in [1.54, 1.807) is 0 Å². The van der Waals surface area contributed by atoms with E-state index in [0.29, 0.717) is 18.0 Å². The number of thiocarbonyl (C=S) groups is 1. The van der Waals surface area contributed by atoms with Crippen LogP contribution in [0.2, 0.25) is 0 Å². The van der Waals surface area contributed by atoms with Gasteiger partial charge >= 0.3 is 0 Å². The Bertz CT molecular complexity index is 243. The van der Waals surface area contributed by atoms with Crippen molar-refractivity contribution in [1.29, 1.82) is 0 Å². The van der Waals surface area contributed by atoms with Gasteiger partial charge in [0.15, 0.2) is 0 Å². The van der Waals surface area contributed by atoms with Gasteiger partial charge in [-0.25, -0.2) is 0 Å². The number of nitrogens with zero attached hydrogens (tertiary/aromatic N) is 1. The fourth-order valence-electron chi connectivity index (χ4n) is 1.83. The summed E-state index contributed by atoms with van der Waals surface area (Å²) in [7, 11) is 0. The molecular formula is C11H20N2OS. The quantitative estimate of drug-likeness (QED) is 0.748. The van der Waals surface area contributed by atoms with Crippen LogP contribution in [-0.2, 0) is 4.79 Å². The van der Waals surface area contributed by atoms with Crippen molar-refractivity contribution < 1.29 is 4.79 Å². The molecule has 1 aliphatic rings. The molecule has 0 aromatic carbocycles. The Kier molecular flexibility index (Phi) is 5.02. The second-order valence-corrected chi connectivity index (χ2v) is 4.78. The Hall–Kier alpha value is -0.640. The van der Waals surface area contributed by atoms with Gasteiger partial charge in [0, 0.05) is 25.4 Å². The normalized spacial score (nSPS) is 20.6. The number of nitrogens with two attached hydrogens (primary N) is 1. The summed E-state index contributed by atoms with van der Waals surface area (Å²) in [5.41, 5.74) is 5.56. The molecule has 2 N–H and O–H groups in total. The van der Waals surface area contributed by atoms with Crippen LogP contribution < -0.4 is 5.73 Å². The molecule has 15 heavy (non-hydrogen) atoms. The van der Waals surface area contributed by atoms with E-state index in [2.05, 4.69) is 0 Å². The minimum absolute atomic E-state index is 0.128. The summed E-state index contributed by atoms with van der Waals surface area (Å²) in [6, 6.07) is 0. The number of hydrogen-bond acceptors (Lipinski definition) is 2. The van der Waals surface area contributed by atoms with Crippen molar-refractivity contribution in [2.75, 3.05) is 13.1 Å². The van der Waals surface area contributed by atoms with E-state index in [-0.39, 0.29) is 11.8 Å². The maximum atomic E-state index is 11.8. The van der Waals surface area contributed by atoms with Gasteiger partial charge in [-0.2, -0.15) is 0 Å². The zero-order valence-corrected chi connectivity index (χ0v) is 10.2. The molecule has 0 aromatic heterocycles. The van der Waals surface area contributed by atoms with Crippen LogP contribution in [0.15, 0.2) is 0 Å². The number of carbonyl (C=O) groups is 1. The monoisotopic (exact) mass is 228 g/mol. The van der Waals surface area contributed by atoms with E-state index in [1.165, 1.54) is 12.8 Å². The number of hydrogen-bond donors (Lipinski definition) is 1. The minimum atomic E-state index is 0.128. The minimum Gasteiger partial charge on any atom is -0.393 e. The molecular weight excluding hydrogens is 208 g/mol. The summed E-state index contributed by atoms with van der Waals surface area (Å²) >= 11 is 4.93. The summed E-state index contributed by atoms with van der Waals surface area (Å²) in [5.74, 6) is 0.390. The lowest BCUT2D eigenvalue weighted by Crippen LogP contribution is -2.39. The first-order valence-corrected chi connectivity index (χ1v) is 6.09. The second-order valence-electron chi connectivity index (χ2n) is 4.31. The molecule has 0 aromatic rings. The van der Waals surface area contributed by atoms with Gasteiger partial charge in [0.1, 0.15) is 0 Å². The molecule has 0 saturated carbocycles. The van der Waals surface area contributed by atoms with E-state index in [1.807, 2.05) is 11.8 Å². The molecule has 1 rings (SSSR count). The van der Waals surface area contributed by atoms with Gasteiger partial charge in [-0.1, -0.05) is 32.0 Å². The number of rotatable bonds is 3. The molecule has 1 amide bonds. The smallest absolute Gasteiger partial charge is 0.222 e. The standard InChI is InChI=1S/C11H20N2OS/c1-9(11(12)15)8-13-7-5-3-2-4-6-10(13)14/h9H,2-8H2,1H3,(H2,12,15). The van der Waals surface area contributed by atoms with E-state index >= 15 is 0 Å². The molecule has 1 unspecified atom stereocenters. The first-order valence-electron chi connectivity index (χ1n) is 5.68. The van der Waals surface area contributed by atoms with Crippen LogP contribution >= 0.6 is 12.2 Å². The van der Waals surface area contributed by atoms with Gasteiger partial charge in [-0.15, -0.1) is 0 Å². The predicted octanol–water partition coefficient (Wildman–Crippen LogP) is 1.70. The molecule has 4 heteroatoms. The maximum Gasteiger partial charge on any atom is 0.222 e. The van der Waals surface area contributed by atoms with Crippen LogP contribution in [0.1, 0.15) is 39.0 Å². The average Bonchev–Trinajstić information content (AvgIpc) is 2.17. The third kappa shape index (κ3) is 4.16.